The van der Waals surface area contributed by atoms with Crippen LogP contribution in [-0.4, -0.2) is 82.9 Å². The van der Waals surface area contributed by atoms with Crippen molar-refractivity contribution in [2.24, 2.45) is 5.73 Å². The molecule has 0 aromatic rings. The Morgan fingerprint density at radius 3 is 1.95 bits per heavy atom. The van der Waals surface area contributed by atoms with Crippen molar-refractivity contribution in [1.29, 1.82) is 0 Å². The molecule has 0 aromatic heterocycles. The van der Waals surface area contributed by atoms with E-state index in [2.05, 4.69) is 31.2 Å². The smallest absolute Gasteiger partial charge is 0.462 e. The lowest BCUT2D eigenvalue weighted by atomic mass is 10.1. The highest BCUT2D eigenvalue weighted by atomic mass is 31.2. The van der Waals surface area contributed by atoms with Gasteiger partial charge in [-0.15, -0.1) is 0 Å². The van der Waals surface area contributed by atoms with Crippen LogP contribution < -0.4 is 5.73 Å². The van der Waals surface area contributed by atoms with Crippen LogP contribution in [0.2, 0.25) is 0 Å². The van der Waals surface area contributed by atoms with E-state index >= 15 is 0 Å². The van der Waals surface area contributed by atoms with Gasteiger partial charge in [0.15, 0.2) is 6.10 Å². The van der Waals surface area contributed by atoms with Crippen molar-refractivity contribution in [3.63, 3.8) is 0 Å². The lowest BCUT2D eigenvalue weighted by Gasteiger charge is -2.20. The van der Waals surface area contributed by atoms with Gasteiger partial charge in [-0.3, -0.25) is 18.6 Å². The highest BCUT2D eigenvalue weighted by molar-refractivity contribution is 7.47. The summed E-state index contributed by atoms with van der Waals surface area (Å²) in [5, 5.41) is 30.4. The van der Waals surface area contributed by atoms with Gasteiger partial charge in [-0.1, -0.05) is 143 Å². The molecule has 13 heteroatoms. The van der Waals surface area contributed by atoms with Gasteiger partial charge in [-0.25, -0.2) is 4.57 Å². The van der Waals surface area contributed by atoms with E-state index in [1.807, 2.05) is 31.2 Å². The lowest BCUT2D eigenvalue weighted by molar-refractivity contribution is -0.161. The Morgan fingerprint density at radius 1 is 0.672 bits per heavy atom. The molecule has 0 heterocycles. The number of hydrogen-bond donors (Lipinski definition) is 5. The molecule has 12 nitrogen and oxygen atoms in total. The van der Waals surface area contributed by atoms with E-state index in [4.69, 9.17) is 24.3 Å². The topological polar surface area (TPSA) is 195 Å². The molecule has 5 atom stereocenters. The molecule has 0 spiro atoms. The van der Waals surface area contributed by atoms with Crippen molar-refractivity contribution in [3.8, 4) is 0 Å². The predicted octanol–water partition coefficient (Wildman–Crippen LogP) is 8.74. The van der Waals surface area contributed by atoms with Crippen molar-refractivity contribution in [2.45, 2.75) is 147 Å². The van der Waals surface area contributed by atoms with E-state index in [9.17, 15) is 34.4 Å². The lowest BCUT2D eigenvalue weighted by Crippen LogP contribution is -2.30. The van der Waals surface area contributed by atoms with Crippen LogP contribution in [0.3, 0.4) is 0 Å². The SMILES string of the molecule is CC/C=C\C[C@H](O)/C=C/C=C/C=C\C=C/[C@@H](O)[C@H](O)CCCC(=O)O[C@H](COC(=O)CCC/C=C\C/C=C\C/C=C\CCCCCCCC)COP(=O)(O)OCCN. The maximum atomic E-state index is 12.6. The Balaban J connectivity index is 4.62. The van der Waals surface area contributed by atoms with Gasteiger partial charge in [-0.05, 0) is 64.2 Å². The first-order valence-electron chi connectivity index (χ1n) is 21.0. The third kappa shape index (κ3) is 37.1. The van der Waals surface area contributed by atoms with Crippen LogP contribution in [0, 0.1) is 0 Å². The van der Waals surface area contributed by atoms with E-state index in [0.29, 0.717) is 19.3 Å². The molecule has 0 rings (SSSR count). The average Bonchev–Trinajstić information content (AvgIpc) is 3.20. The normalized spacial score (nSPS) is 15.9. The predicted molar refractivity (Wildman–Crippen MR) is 233 cm³/mol. The third-order valence-corrected chi connectivity index (χ3v) is 9.28. The Bertz CT molecular complexity index is 1320. The van der Waals surface area contributed by atoms with Crippen LogP contribution in [0.5, 0.6) is 0 Å². The Labute approximate surface area is 348 Å². The van der Waals surface area contributed by atoms with Crippen LogP contribution in [0.1, 0.15) is 123 Å². The molecule has 0 aliphatic heterocycles. The number of carbonyl (C=O) groups is 2. The minimum absolute atomic E-state index is 0.0146. The summed E-state index contributed by atoms with van der Waals surface area (Å²) in [7, 11) is -4.49. The number of aliphatic hydroxyl groups is 3. The number of aliphatic hydroxyl groups excluding tert-OH is 3. The second-order valence-corrected chi connectivity index (χ2v) is 15.1. The molecular formula is C45H74NO11P. The van der Waals surface area contributed by atoms with E-state index in [1.54, 1.807) is 42.5 Å². The summed E-state index contributed by atoms with van der Waals surface area (Å²) in [4.78, 5) is 34.9. The first-order chi connectivity index (χ1) is 28.0. The average molecular weight is 836 g/mol. The van der Waals surface area contributed by atoms with E-state index < -0.39 is 57.4 Å². The van der Waals surface area contributed by atoms with Crippen LogP contribution >= 0.6 is 7.82 Å². The van der Waals surface area contributed by atoms with E-state index in [0.717, 1.165) is 25.7 Å². The molecule has 0 amide bonds. The van der Waals surface area contributed by atoms with Gasteiger partial charge in [0.2, 0.25) is 0 Å². The van der Waals surface area contributed by atoms with Crippen molar-refractivity contribution in [3.05, 3.63) is 97.2 Å². The molecule has 0 aliphatic carbocycles. The number of esters is 2. The zero-order chi connectivity index (χ0) is 43.0. The highest BCUT2D eigenvalue weighted by Crippen LogP contribution is 2.43. The van der Waals surface area contributed by atoms with Gasteiger partial charge < -0.3 is 35.4 Å². The summed E-state index contributed by atoms with van der Waals surface area (Å²) in [5.41, 5.74) is 5.32. The van der Waals surface area contributed by atoms with Crippen molar-refractivity contribution >= 4 is 19.8 Å². The number of ether oxygens (including phenoxy) is 2. The number of rotatable bonds is 37. The van der Waals surface area contributed by atoms with Crippen molar-refractivity contribution in [1.82, 2.24) is 0 Å². The van der Waals surface area contributed by atoms with Crippen LogP contribution in [0.25, 0.3) is 0 Å². The van der Waals surface area contributed by atoms with Crippen molar-refractivity contribution in [2.75, 3.05) is 26.4 Å². The van der Waals surface area contributed by atoms with E-state index in [1.165, 1.54) is 44.6 Å². The van der Waals surface area contributed by atoms with Crippen molar-refractivity contribution < 1.29 is 52.9 Å². The van der Waals surface area contributed by atoms with Gasteiger partial charge in [-0.2, -0.15) is 0 Å². The molecule has 1 unspecified atom stereocenters. The largest absolute Gasteiger partial charge is 0.472 e. The van der Waals surface area contributed by atoms with Crippen LogP contribution in [0.4, 0.5) is 0 Å². The third-order valence-electron chi connectivity index (χ3n) is 8.30. The van der Waals surface area contributed by atoms with Gasteiger partial charge >= 0.3 is 19.8 Å². The quantitative estimate of drug-likeness (QED) is 0.0132. The summed E-state index contributed by atoms with van der Waals surface area (Å²) < 4.78 is 32.4. The zero-order valence-corrected chi connectivity index (χ0v) is 36.0. The number of nitrogens with two attached hydrogens (primary N) is 1. The van der Waals surface area contributed by atoms with Gasteiger partial charge in [0, 0.05) is 19.4 Å². The number of allylic oxidation sites excluding steroid dienone is 13. The Kier molecular flexibility index (Phi) is 37.1. The molecule has 0 radical (unpaired) electrons. The molecule has 0 aliphatic rings. The Morgan fingerprint density at radius 2 is 1.28 bits per heavy atom. The fraction of sp³-hybridized carbons (Fsp3) is 0.600. The van der Waals surface area contributed by atoms with Crippen LogP contribution in [0.15, 0.2) is 97.2 Å². The summed E-state index contributed by atoms with van der Waals surface area (Å²) in [6, 6.07) is 0. The highest BCUT2D eigenvalue weighted by Gasteiger charge is 2.26. The van der Waals surface area contributed by atoms with E-state index in [-0.39, 0.29) is 38.8 Å². The monoisotopic (exact) mass is 835 g/mol. The zero-order valence-electron chi connectivity index (χ0n) is 35.1. The summed E-state index contributed by atoms with van der Waals surface area (Å²) in [6.45, 7) is 3.04. The molecule has 6 N–H and O–H groups in total. The summed E-state index contributed by atoms with van der Waals surface area (Å²) in [6.07, 6.45) is 39.7. The van der Waals surface area contributed by atoms with Gasteiger partial charge in [0.25, 0.3) is 0 Å². The maximum Gasteiger partial charge on any atom is 0.472 e. The Hall–Kier alpha value is -3.19. The second-order valence-electron chi connectivity index (χ2n) is 13.7. The molecule has 0 saturated heterocycles. The minimum Gasteiger partial charge on any atom is -0.462 e. The molecule has 0 fully saturated rings. The minimum atomic E-state index is -4.49. The molecule has 0 saturated carbocycles. The number of unbranched alkanes of at least 4 members (excludes halogenated alkanes) is 7. The molecule has 330 valence electrons. The molecule has 58 heavy (non-hydrogen) atoms. The van der Waals surface area contributed by atoms with Gasteiger partial charge in [0.1, 0.15) is 6.61 Å². The fourth-order valence-corrected chi connectivity index (χ4v) is 5.81. The standard InChI is InChI=1S/C45H74NO11P/c1-3-5-7-8-9-10-11-12-13-14-15-16-17-18-19-24-28-34-44(50)54-38-41(39-56-58(52,53)55-37-36-46)57-45(51)35-29-33-43(49)42(48)32-27-23-21-20-22-26-31-40(47)30-25-6-4-2/h6,12-13,15-16,18-23,25-27,31-32,40-43,47-49H,3-5,7-11,14,17,24,28-30,33-39,46H2,1-2H3,(H,52,53)/b13-12-,16-15-,19-18-,22-20+,23-21-,25-6-,31-26+,32-27-/t40-,41+,42+,43+/m0/s1. The maximum absolute atomic E-state index is 12.6. The van der Waals surface area contributed by atoms with Crippen LogP contribution in [-0.2, 0) is 32.7 Å². The molecule has 0 bridgehead atoms. The number of phosphoric acid groups is 1. The second kappa shape index (κ2) is 39.3. The first-order valence-corrected chi connectivity index (χ1v) is 22.5. The number of carbonyl (C=O) groups excluding carboxylic acids is 2. The summed E-state index contributed by atoms with van der Waals surface area (Å²) >= 11 is 0. The molecular weight excluding hydrogens is 761 g/mol. The fourth-order valence-electron chi connectivity index (χ4n) is 5.05. The number of hydrogen-bond acceptors (Lipinski definition) is 11. The summed E-state index contributed by atoms with van der Waals surface area (Å²) in [5.74, 6) is -1.23. The molecule has 0 aromatic carbocycles. The first kappa shape index (κ1) is 54.8. The van der Waals surface area contributed by atoms with Gasteiger partial charge in [0.05, 0.1) is 31.5 Å². The number of phosphoric ester groups is 1.